The molecule has 1 aromatic rings. The molecular weight excluding hydrogens is 221 g/mol. The summed E-state index contributed by atoms with van der Waals surface area (Å²) in [6.07, 6.45) is -6.90. The fourth-order valence-corrected chi connectivity index (χ4v) is 1.37. The molecule has 2 atom stereocenters. The first kappa shape index (κ1) is 13.0. The van der Waals surface area contributed by atoms with Gasteiger partial charge in [-0.25, -0.2) is 0 Å². The van der Waals surface area contributed by atoms with Crippen LogP contribution in [-0.4, -0.2) is 22.4 Å². The lowest BCUT2D eigenvalue weighted by Crippen LogP contribution is -2.26. The number of aliphatic hydroxyl groups is 2. The topological polar surface area (TPSA) is 40.5 Å². The van der Waals surface area contributed by atoms with Crippen LogP contribution in [0.1, 0.15) is 18.1 Å². The summed E-state index contributed by atoms with van der Waals surface area (Å²) in [6.45, 7) is 1.33. The van der Waals surface area contributed by atoms with E-state index in [1.54, 1.807) is 0 Å². The standard InChI is InChI=1S/C11H13F3O2/c1-7(15)10(16)6-8-4-2-3-5-9(8)11(12,13)14/h2-5,7,10,15-16H,6H2,1H3. The van der Waals surface area contributed by atoms with E-state index >= 15 is 0 Å². The molecule has 0 amide bonds. The molecule has 1 aromatic carbocycles. The number of rotatable bonds is 3. The number of aliphatic hydroxyl groups excluding tert-OH is 2. The van der Waals surface area contributed by atoms with E-state index in [1.165, 1.54) is 25.1 Å². The Hall–Kier alpha value is -1.07. The largest absolute Gasteiger partial charge is 0.416 e. The molecule has 16 heavy (non-hydrogen) atoms. The van der Waals surface area contributed by atoms with Crippen molar-refractivity contribution in [2.24, 2.45) is 0 Å². The summed E-state index contributed by atoms with van der Waals surface area (Å²) in [5.74, 6) is 0. The van der Waals surface area contributed by atoms with E-state index in [2.05, 4.69) is 0 Å². The van der Waals surface area contributed by atoms with E-state index in [0.29, 0.717) is 0 Å². The monoisotopic (exact) mass is 234 g/mol. The van der Waals surface area contributed by atoms with Gasteiger partial charge in [-0.15, -0.1) is 0 Å². The van der Waals surface area contributed by atoms with Crippen LogP contribution in [0.5, 0.6) is 0 Å². The van der Waals surface area contributed by atoms with Crippen molar-refractivity contribution in [1.82, 2.24) is 0 Å². The van der Waals surface area contributed by atoms with Crippen LogP contribution in [-0.2, 0) is 12.6 Å². The summed E-state index contributed by atoms with van der Waals surface area (Å²) >= 11 is 0. The highest BCUT2D eigenvalue weighted by Crippen LogP contribution is 2.32. The molecule has 0 radical (unpaired) electrons. The van der Waals surface area contributed by atoms with Crippen LogP contribution < -0.4 is 0 Å². The second-order valence-corrected chi connectivity index (χ2v) is 3.67. The average Bonchev–Trinajstić information content (AvgIpc) is 2.16. The van der Waals surface area contributed by atoms with Crippen LogP contribution in [0.3, 0.4) is 0 Å². The molecule has 2 nitrogen and oxygen atoms in total. The zero-order chi connectivity index (χ0) is 12.3. The smallest absolute Gasteiger partial charge is 0.391 e. The maximum Gasteiger partial charge on any atom is 0.416 e. The predicted molar refractivity (Wildman–Crippen MR) is 52.8 cm³/mol. The van der Waals surface area contributed by atoms with Gasteiger partial charge in [0.25, 0.3) is 0 Å². The number of hydrogen-bond acceptors (Lipinski definition) is 2. The molecule has 1 rings (SSSR count). The average molecular weight is 234 g/mol. The number of hydrogen-bond donors (Lipinski definition) is 2. The Labute approximate surface area is 91.3 Å². The van der Waals surface area contributed by atoms with Crippen molar-refractivity contribution in [3.63, 3.8) is 0 Å². The van der Waals surface area contributed by atoms with E-state index in [1.807, 2.05) is 0 Å². The molecule has 0 heterocycles. The molecule has 90 valence electrons. The Kier molecular flexibility index (Phi) is 3.93. The highest BCUT2D eigenvalue weighted by molar-refractivity contribution is 5.30. The SMILES string of the molecule is CC(O)C(O)Cc1ccccc1C(F)(F)F. The first-order valence-corrected chi connectivity index (χ1v) is 4.83. The maximum atomic E-state index is 12.6. The summed E-state index contributed by atoms with van der Waals surface area (Å²) in [6, 6.07) is 5.03. The molecule has 2 N–H and O–H groups in total. The van der Waals surface area contributed by atoms with Gasteiger partial charge in [0.2, 0.25) is 0 Å². The van der Waals surface area contributed by atoms with Gasteiger partial charge in [0.05, 0.1) is 17.8 Å². The van der Waals surface area contributed by atoms with Crippen LogP contribution in [0, 0.1) is 0 Å². The first-order valence-electron chi connectivity index (χ1n) is 4.83. The zero-order valence-corrected chi connectivity index (χ0v) is 8.70. The van der Waals surface area contributed by atoms with Crippen LogP contribution >= 0.6 is 0 Å². The molecule has 5 heteroatoms. The summed E-state index contributed by atoms with van der Waals surface area (Å²) in [5, 5.41) is 18.4. The van der Waals surface area contributed by atoms with Crippen LogP contribution in [0.2, 0.25) is 0 Å². The minimum Gasteiger partial charge on any atom is -0.391 e. The predicted octanol–water partition coefficient (Wildman–Crippen LogP) is 1.99. The quantitative estimate of drug-likeness (QED) is 0.839. The third kappa shape index (κ3) is 3.21. The summed E-state index contributed by atoms with van der Waals surface area (Å²) in [5.41, 5.74) is -0.780. The first-order chi connectivity index (χ1) is 7.32. The molecule has 0 saturated carbocycles. The van der Waals surface area contributed by atoms with Crippen LogP contribution in [0.25, 0.3) is 0 Å². The Morgan fingerprint density at radius 1 is 1.19 bits per heavy atom. The number of benzene rings is 1. The molecule has 0 aliphatic carbocycles. The lowest BCUT2D eigenvalue weighted by molar-refractivity contribution is -0.138. The Morgan fingerprint density at radius 3 is 2.25 bits per heavy atom. The molecular formula is C11H13F3O2. The molecule has 0 aliphatic rings. The van der Waals surface area contributed by atoms with Gasteiger partial charge < -0.3 is 10.2 Å². The zero-order valence-electron chi connectivity index (χ0n) is 8.70. The van der Waals surface area contributed by atoms with E-state index in [0.717, 1.165) is 6.07 Å². The second kappa shape index (κ2) is 4.84. The lowest BCUT2D eigenvalue weighted by Gasteiger charge is -2.17. The van der Waals surface area contributed by atoms with Crippen molar-refractivity contribution in [2.75, 3.05) is 0 Å². The van der Waals surface area contributed by atoms with E-state index in [-0.39, 0.29) is 12.0 Å². The molecule has 0 aromatic heterocycles. The van der Waals surface area contributed by atoms with E-state index in [4.69, 9.17) is 5.11 Å². The van der Waals surface area contributed by atoms with Crippen molar-refractivity contribution in [1.29, 1.82) is 0 Å². The highest BCUT2D eigenvalue weighted by atomic mass is 19.4. The Bertz CT molecular complexity index is 347. The fourth-order valence-electron chi connectivity index (χ4n) is 1.37. The van der Waals surface area contributed by atoms with Crippen LogP contribution in [0.15, 0.2) is 24.3 Å². The van der Waals surface area contributed by atoms with Crippen molar-refractivity contribution in [3.8, 4) is 0 Å². The Morgan fingerprint density at radius 2 is 1.75 bits per heavy atom. The number of halogens is 3. The minimum absolute atomic E-state index is 0.0107. The van der Waals surface area contributed by atoms with E-state index < -0.39 is 23.9 Å². The van der Waals surface area contributed by atoms with Gasteiger partial charge in [0.15, 0.2) is 0 Å². The van der Waals surface area contributed by atoms with Crippen molar-refractivity contribution in [3.05, 3.63) is 35.4 Å². The highest BCUT2D eigenvalue weighted by Gasteiger charge is 2.33. The summed E-state index contributed by atoms with van der Waals surface area (Å²) in [4.78, 5) is 0. The van der Waals surface area contributed by atoms with Crippen LogP contribution in [0.4, 0.5) is 13.2 Å². The molecule has 0 saturated heterocycles. The lowest BCUT2D eigenvalue weighted by atomic mass is 9.99. The third-order valence-electron chi connectivity index (χ3n) is 2.31. The van der Waals surface area contributed by atoms with Gasteiger partial charge in [-0.2, -0.15) is 13.2 Å². The molecule has 0 bridgehead atoms. The fraction of sp³-hybridized carbons (Fsp3) is 0.455. The Balaban J connectivity index is 2.96. The van der Waals surface area contributed by atoms with Crippen molar-refractivity contribution < 1.29 is 23.4 Å². The van der Waals surface area contributed by atoms with Gasteiger partial charge in [0.1, 0.15) is 0 Å². The van der Waals surface area contributed by atoms with Crippen molar-refractivity contribution >= 4 is 0 Å². The molecule has 0 fully saturated rings. The normalized spacial score (nSPS) is 15.9. The number of alkyl halides is 3. The van der Waals surface area contributed by atoms with Gasteiger partial charge in [-0.3, -0.25) is 0 Å². The van der Waals surface area contributed by atoms with Gasteiger partial charge in [0, 0.05) is 6.42 Å². The molecule has 2 unspecified atom stereocenters. The third-order valence-corrected chi connectivity index (χ3v) is 2.31. The summed E-state index contributed by atoms with van der Waals surface area (Å²) < 4.78 is 37.7. The summed E-state index contributed by atoms with van der Waals surface area (Å²) in [7, 11) is 0. The minimum atomic E-state index is -4.44. The second-order valence-electron chi connectivity index (χ2n) is 3.67. The van der Waals surface area contributed by atoms with E-state index in [9.17, 15) is 18.3 Å². The molecule has 0 aliphatic heterocycles. The van der Waals surface area contributed by atoms with Crippen molar-refractivity contribution in [2.45, 2.75) is 31.7 Å². The maximum absolute atomic E-state index is 12.6. The molecule has 0 spiro atoms. The van der Waals surface area contributed by atoms with Gasteiger partial charge >= 0.3 is 6.18 Å². The van der Waals surface area contributed by atoms with Gasteiger partial charge in [-0.05, 0) is 18.6 Å². The van der Waals surface area contributed by atoms with Gasteiger partial charge in [-0.1, -0.05) is 18.2 Å².